The molecule has 0 fully saturated rings. The van der Waals surface area contributed by atoms with Crippen LogP contribution >= 0.6 is 0 Å². The monoisotopic (exact) mass is 1530 g/mol. The lowest BCUT2D eigenvalue weighted by atomic mass is 10.0. The topological polar surface area (TPSA) is 226 Å². The number of nitrogens with zero attached hydrogens (tertiary/aromatic N) is 7. The quantitative estimate of drug-likeness (QED) is 0.0429. The third-order valence-electron chi connectivity index (χ3n) is 19.4. The largest absolute Gasteiger partial charge is 0.497 e. The Labute approximate surface area is 658 Å². The molecule has 0 atom stereocenters. The van der Waals surface area contributed by atoms with Crippen LogP contribution in [-0.2, 0) is 38.5 Å². The molecule has 22 heteroatoms. The summed E-state index contributed by atoms with van der Waals surface area (Å²) in [5, 5.41) is 20.9. The Kier molecular flexibility index (Phi) is 25.8. The number of rotatable bonds is 22. The Balaban J connectivity index is 0.000000133. The second-order valence-electron chi connectivity index (χ2n) is 26.8. The van der Waals surface area contributed by atoms with Gasteiger partial charge in [-0.3, -0.25) is 29.7 Å². The van der Waals surface area contributed by atoms with Crippen molar-refractivity contribution in [3.63, 3.8) is 0 Å². The molecule has 2 aliphatic rings. The molecule has 4 aromatic heterocycles. The van der Waals surface area contributed by atoms with Crippen LogP contribution in [-0.4, -0.2) is 113 Å². The predicted molar refractivity (Wildman–Crippen MR) is 448 cm³/mol. The van der Waals surface area contributed by atoms with Crippen molar-refractivity contribution in [1.29, 1.82) is 0 Å². The Morgan fingerprint density at radius 1 is 0.386 bits per heavy atom. The molecular weight excluding hydrogens is 1440 g/mol. The summed E-state index contributed by atoms with van der Waals surface area (Å²) in [6, 6.07) is 81.6. The van der Waals surface area contributed by atoms with Crippen LogP contribution in [0.2, 0.25) is 0 Å². The number of aromatic amines is 3. The number of aliphatic imine (C=N–C) groups is 2. The zero-order valence-electron chi connectivity index (χ0n) is 64.2. The van der Waals surface area contributed by atoms with Crippen molar-refractivity contribution in [2.75, 3.05) is 61.7 Å². The lowest BCUT2D eigenvalue weighted by Gasteiger charge is -2.06. The van der Waals surface area contributed by atoms with E-state index in [0.717, 1.165) is 120 Å². The van der Waals surface area contributed by atoms with Crippen LogP contribution in [0.25, 0.3) is 68.6 Å². The number of aryl methyl sites for hydroxylation is 4. The number of hydrogen-bond donors (Lipinski definition) is 5. The molecular formula is C92H88F2N12O8. The van der Waals surface area contributed by atoms with Gasteiger partial charge in [-0.2, -0.15) is 19.1 Å². The first kappa shape index (κ1) is 78.1. The molecule has 0 radical (unpaired) electrons. The van der Waals surface area contributed by atoms with E-state index in [-0.39, 0.29) is 28.3 Å². The predicted octanol–water partition coefficient (Wildman–Crippen LogP) is 15.8. The molecule has 6 heterocycles. The van der Waals surface area contributed by atoms with Crippen molar-refractivity contribution in [3.05, 3.63) is 354 Å². The minimum Gasteiger partial charge on any atom is -0.497 e. The maximum Gasteiger partial charge on any atom is 0.277 e. The highest BCUT2D eigenvalue weighted by Crippen LogP contribution is 2.36. The average Bonchev–Trinajstić information content (AvgIpc) is 2.28. The van der Waals surface area contributed by atoms with Gasteiger partial charge in [-0.1, -0.05) is 127 Å². The van der Waals surface area contributed by atoms with E-state index in [1.54, 1.807) is 64.5 Å². The number of H-pyrrole nitrogens is 3. The van der Waals surface area contributed by atoms with E-state index in [1.807, 2.05) is 181 Å². The molecule has 0 aliphatic carbocycles. The van der Waals surface area contributed by atoms with E-state index in [2.05, 4.69) is 91.4 Å². The van der Waals surface area contributed by atoms with Gasteiger partial charge in [-0.05, 0) is 219 Å². The summed E-state index contributed by atoms with van der Waals surface area (Å²) in [7, 11) is 8.22. The number of aromatic nitrogens is 8. The molecule has 5 N–H and O–H groups in total. The maximum atomic E-state index is 13.2. The highest BCUT2D eigenvalue weighted by molar-refractivity contribution is 5.85. The van der Waals surface area contributed by atoms with Crippen molar-refractivity contribution in [1.82, 2.24) is 49.8 Å². The van der Waals surface area contributed by atoms with E-state index < -0.39 is 0 Å². The number of ether oxygens (including phenoxy) is 5. The van der Waals surface area contributed by atoms with E-state index in [9.17, 15) is 23.2 Å². The Morgan fingerprint density at radius 3 is 1.17 bits per heavy atom. The normalized spacial score (nSPS) is 12.1. The third-order valence-corrected chi connectivity index (χ3v) is 19.4. The molecule has 578 valence electrons. The molecule has 14 aromatic rings. The van der Waals surface area contributed by atoms with Gasteiger partial charge in [0.15, 0.2) is 0 Å². The Hall–Kier alpha value is -14.0. The SMILES string of the molecule is COc1ccc(-c2[nH]n(-c3ccccc3)c(=O)c2CCc2ccc(F)cc2)cc1.COc1ccc(-c2[nH]n(C3=NCCN3)c(=O)c2CCc2ccc(F)cc2)cc1.COc1ccc(-c2[nH]n(C3=NCCN3)c(=O)c2CCc2cccc(C)c2)cc1.COc1ccc(-c2nn(-c3ccccc3)c(OC)c2/C=C/c2ccccc2)cc1. The van der Waals surface area contributed by atoms with Crippen molar-refractivity contribution < 1.29 is 32.5 Å². The maximum absolute atomic E-state index is 13.2. The van der Waals surface area contributed by atoms with Gasteiger partial charge in [-0.25, -0.2) is 23.4 Å². The van der Waals surface area contributed by atoms with E-state index in [0.29, 0.717) is 80.7 Å². The van der Waals surface area contributed by atoms with Crippen LogP contribution < -0.4 is 51.0 Å². The number of para-hydroxylation sites is 2. The van der Waals surface area contributed by atoms with Crippen LogP contribution in [0.5, 0.6) is 28.9 Å². The van der Waals surface area contributed by atoms with E-state index in [4.69, 9.17) is 28.8 Å². The zero-order chi connectivity index (χ0) is 79.3. The molecule has 114 heavy (non-hydrogen) atoms. The summed E-state index contributed by atoms with van der Waals surface area (Å²) in [6.07, 6.45) is 7.94. The summed E-state index contributed by atoms with van der Waals surface area (Å²) in [5.41, 5.74) is 17.0. The van der Waals surface area contributed by atoms with Gasteiger partial charge in [-0.15, -0.1) is 0 Å². The molecule has 0 amide bonds. The van der Waals surface area contributed by atoms with Crippen molar-refractivity contribution >= 4 is 24.1 Å². The summed E-state index contributed by atoms with van der Waals surface area (Å²) in [6.45, 7) is 4.86. The summed E-state index contributed by atoms with van der Waals surface area (Å²) in [4.78, 5) is 48.2. The lowest BCUT2D eigenvalue weighted by molar-refractivity contribution is 0.383. The van der Waals surface area contributed by atoms with Gasteiger partial charge in [0, 0.05) is 52.0 Å². The number of benzene rings is 10. The number of nitrogens with one attached hydrogen (secondary N) is 5. The summed E-state index contributed by atoms with van der Waals surface area (Å²) < 4.78 is 59.5. The molecule has 0 saturated carbocycles. The van der Waals surface area contributed by atoms with Gasteiger partial charge in [0.05, 0.1) is 82.7 Å². The third kappa shape index (κ3) is 19.0. The van der Waals surface area contributed by atoms with Gasteiger partial charge < -0.3 is 34.3 Å². The number of halogens is 2. The van der Waals surface area contributed by atoms with E-state index in [1.165, 1.54) is 44.8 Å². The van der Waals surface area contributed by atoms with Crippen molar-refractivity contribution in [3.8, 4) is 85.3 Å². The second kappa shape index (κ2) is 37.6. The standard InChI is InChI=1S/C25H22N2O2.C24H21FN2O2.C22H24N4O2.C21H21FN4O2/c1-28-22-16-14-20(15-17-22)24-23(18-13-19-9-5-3-6-10-19)25(29-2)27(26-24)21-11-7-4-8-12-21;1-29-21-14-10-18(11-15-21)23-22(16-9-17-7-12-19(25)13-8-17)24(28)27(26-23)20-5-3-2-4-6-20;1-15-4-3-5-16(14-15)6-11-19-20(17-7-9-18(28-2)10-8-17)25-26(21(19)27)22-23-12-13-24-22;1-28-17-9-5-15(6-10-17)19-18(11-4-14-2-7-16(22)8-3-14)20(27)26(25-19)21-23-12-13-24-21/h3-18H,1-2H3;2-8,10-15,26H,9,16H2,1H3;3-5,7-10,14,25H,6,11-13H2,1-2H3,(H,23,24);2-3,5-10,25H,4,11-13H2,1H3,(H,23,24)/b18-13+;;;. The summed E-state index contributed by atoms with van der Waals surface area (Å²) >= 11 is 0. The number of methoxy groups -OCH3 is 5. The fourth-order valence-electron chi connectivity index (χ4n) is 13.4. The van der Waals surface area contributed by atoms with E-state index >= 15 is 0 Å². The smallest absolute Gasteiger partial charge is 0.277 e. The van der Waals surface area contributed by atoms with Gasteiger partial charge in [0.25, 0.3) is 16.7 Å². The zero-order valence-corrected chi connectivity index (χ0v) is 64.2. The van der Waals surface area contributed by atoms with Gasteiger partial charge in [0.1, 0.15) is 40.3 Å². The molecule has 2 aliphatic heterocycles. The van der Waals surface area contributed by atoms with Crippen LogP contribution in [0.1, 0.15) is 50.1 Å². The van der Waals surface area contributed by atoms with Crippen LogP contribution in [0, 0.1) is 18.6 Å². The average molecular weight is 1530 g/mol. The van der Waals surface area contributed by atoms with Gasteiger partial charge in [0.2, 0.25) is 17.8 Å². The fourth-order valence-corrected chi connectivity index (χ4v) is 13.4. The molecule has 0 unspecified atom stereocenters. The van der Waals surface area contributed by atoms with Gasteiger partial charge >= 0.3 is 0 Å². The van der Waals surface area contributed by atoms with Crippen LogP contribution in [0.15, 0.2) is 285 Å². The van der Waals surface area contributed by atoms with Crippen molar-refractivity contribution in [2.24, 2.45) is 9.98 Å². The summed E-state index contributed by atoms with van der Waals surface area (Å²) in [5.74, 6) is 4.38. The minimum absolute atomic E-state index is 0.0494. The molecule has 20 nitrogen and oxygen atoms in total. The molecule has 10 aromatic carbocycles. The lowest BCUT2D eigenvalue weighted by Crippen LogP contribution is -2.34. The van der Waals surface area contributed by atoms with Crippen molar-refractivity contribution in [2.45, 2.75) is 45.4 Å². The van der Waals surface area contributed by atoms with Crippen LogP contribution in [0.3, 0.4) is 0 Å². The highest BCUT2D eigenvalue weighted by atomic mass is 19.1. The number of hydrogen-bond acceptors (Lipinski definition) is 13. The molecule has 0 bridgehead atoms. The Bertz CT molecular complexity index is 5790. The first-order valence-electron chi connectivity index (χ1n) is 37.5. The molecule has 16 rings (SSSR count). The molecule has 0 spiro atoms. The Morgan fingerprint density at radius 2 is 0.772 bits per heavy atom. The molecule has 0 saturated heterocycles. The second-order valence-corrected chi connectivity index (χ2v) is 26.8. The minimum atomic E-state index is -0.267. The fraction of sp³-hybridized carbons (Fsp3) is 0.174. The first-order valence-corrected chi connectivity index (χ1v) is 37.5. The van der Waals surface area contributed by atoms with Crippen LogP contribution in [0.4, 0.5) is 8.78 Å². The first-order chi connectivity index (χ1) is 55.8. The highest BCUT2D eigenvalue weighted by Gasteiger charge is 2.25.